The molecule has 0 bridgehead atoms. The lowest BCUT2D eigenvalue weighted by atomic mass is 9.88. The van der Waals surface area contributed by atoms with Gasteiger partial charge in [0.2, 0.25) is 0 Å². The highest BCUT2D eigenvalue weighted by molar-refractivity contribution is 5.96. The minimum Gasteiger partial charge on any atom is -0.496 e. The van der Waals surface area contributed by atoms with Gasteiger partial charge in [-0.2, -0.15) is 0 Å². The lowest BCUT2D eigenvalue weighted by Crippen LogP contribution is -2.44. The van der Waals surface area contributed by atoms with Crippen LogP contribution in [0, 0.1) is 0 Å². The van der Waals surface area contributed by atoms with E-state index in [1.54, 1.807) is 24.3 Å². The van der Waals surface area contributed by atoms with Crippen LogP contribution in [0.25, 0.3) is 0 Å². The molecule has 5 heteroatoms. The largest absolute Gasteiger partial charge is 0.496 e. The minimum absolute atomic E-state index is 0.115. The van der Waals surface area contributed by atoms with Gasteiger partial charge in [-0.15, -0.1) is 0 Å². The maximum absolute atomic E-state index is 12.4. The molecule has 1 amide bonds. The van der Waals surface area contributed by atoms with E-state index in [4.69, 9.17) is 9.47 Å². The molecule has 1 unspecified atom stereocenters. The molecule has 0 radical (unpaired) electrons. The molecule has 3 rings (SSSR count). The first-order valence-electron chi connectivity index (χ1n) is 7.50. The molecule has 0 saturated heterocycles. The number of amides is 1. The zero-order valence-electron chi connectivity index (χ0n) is 12.9. The van der Waals surface area contributed by atoms with E-state index in [1.165, 1.54) is 7.11 Å². The topological polar surface area (TPSA) is 67.8 Å². The Balaban J connectivity index is 1.77. The molecule has 23 heavy (non-hydrogen) atoms. The SMILES string of the molecule is COc1ccccc1C(=O)NCC1(O)CCOc2ccccc21. The second kappa shape index (κ2) is 6.30. The lowest BCUT2D eigenvalue weighted by molar-refractivity contribution is -0.00163. The van der Waals surface area contributed by atoms with Crippen molar-refractivity contribution in [3.63, 3.8) is 0 Å². The predicted octanol–water partition coefficient (Wildman–Crippen LogP) is 2.10. The van der Waals surface area contributed by atoms with Gasteiger partial charge in [0.1, 0.15) is 17.1 Å². The maximum atomic E-state index is 12.4. The third-order valence-electron chi connectivity index (χ3n) is 4.05. The standard InChI is InChI=1S/C18H19NO4/c1-22-15-8-4-2-6-13(15)17(20)19-12-18(21)10-11-23-16-9-5-3-7-14(16)18/h2-9,21H,10-12H2,1H3,(H,19,20). The Morgan fingerprint density at radius 2 is 2.00 bits per heavy atom. The molecule has 5 nitrogen and oxygen atoms in total. The van der Waals surface area contributed by atoms with E-state index >= 15 is 0 Å². The molecule has 2 aromatic rings. The van der Waals surface area contributed by atoms with E-state index in [0.29, 0.717) is 35.7 Å². The summed E-state index contributed by atoms with van der Waals surface area (Å²) < 4.78 is 10.8. The van der Waals surface area contributed by atoms with Crippen molar-refractivity contribution in [2.24, 2.45) is 0 Å². The second-order valence-electron chi connectivity index (χ2n) is 5.51. The number of fused-ring (bicyclic) bond motifs is 1. The van der Waals surface area contributed by atoms with Gasteiger partial charge in [-0.25, -0.2) is 0 Å². The summed E-state index contributed by atoms with van der Waals surface area (Å²) in [5, 5.41) is 13.7. The van der Waals surface area contributed by atoms with Gasteiger partial charge in [0.25, 0.3) is 5.91 Å². The Morgan fingerprint density at radius 3 is 2.83 bits per heavy atom. The van der Waals surface area contributed by atoms with Crippen molar-refractivity contribution < 1.29 is 19.4 Å². The molecule has 1 aliphatic rings. The highest BCUT2D eigenvalue weighted by atomic mass is 16.5. The van der Waals surface area contributed by atoms with Gasteiger partial charge in [-0.05, 0) is 18.2 Å². The van der Waals surface area contributed by atoms with Gasteiger partial charge in [0, 0.05) is 12.0 Å². The van der Waals surface area contributed by atoms with Crippen LogP contribution in [-0.2, 0) is 5.60 Å². The lowest BCUT2D eigenvalue weighted by Gasteiger charge is -2.34. The monoisotopic (exact) mass is 313 g/mol. The summed E-state index contributed by atoms with van der Waals surface area (Å²) >= 11 is 0. The molecule has 0 fully saturated rings. The molecule has 2 N–H and O–H groups in total. The number of rotatable bonds is 4. The molecule has 120 valence electrons. The first-order chi connectivity index (χ1) is 11.1. The van der Waals surface area contributed by atoms with Gasteiger partial charge < -0.3 is 19.9 Å². The van der Waals surface area contributed by atoms with Gasteiger partial charge in [0.05, 0.1) is 25.8 Å². The highest BCUT2D eigenvalue weighted by Crippen LogP contribution is 2.36. The molecule has 1 atom stereocenters. The van der Waals surface area contributed by atoms with Crippen LogP contribution < -0.4 is 14.8 Å². The number of ether oxygens (including phenoxy) is 2. The zero-order chi connectivity index (χ0) is 16.3. The quantitative estimate of drug-likeness (QED) is 0.907. The maximum Gasteiger partial charge on any atom is 0.255 e. The van der Waals surface area contributed by atoms with Crippen LogP contribution in [0.5, 0.6) is 11.5 Å². The van der Waals surface area contributed by atoms with Crippen molar-refractivity contribution >= 4 is 5.91 Å². The van der Waals surface area contributed by atoms with Crippen LogP contribution in [0.15, 0.2) is 48.5 Å². The summed E-state index contributed by atoms with van der Waals surface area (Å²) in [5.41, 5.74) is 0.0116. The fraction of sp³-hybridized carbons (Fsp3) is 0.278. The van der Waals surface area contributed by atoms with Crippen molar-refractivity contribution in [2.45, 2.75) is 12.0 Å². The van der Waals surface area contributed by atoms with E-state index in [-0.39, 0.29) is 12.5 Å². The number of nitrogens with one attached hydrogen (secondary N) is 1. The normalized spacial score (nSPS) is 19.4. The first-order valence-corrected chi connectivity index (χ1v) is 7.50. The third kappa shape index (κ3) is 3.00. The van der Waals surface area contributed by atoms with E-state index in [9.17, 15) is 9.90 Å². The number of hydrogen-bond acceptors (Lipinski definition) is 4. The number of benzene rings is 2. The predicted molar refractivity (Wildman–Crippen MR) is 85.8 cm³/mol. The molecule has 0 saturated carbocycles. The number of carbonyl (C=O) groups is 1. The average Bonchev–Trinajstić information content (AvgIpc) is 2.60. The smallest absolute Gasteiger partial charge is 0.255 e. The fourth-order valence-electron chi connectivity index (χ4n) is 2.78. The average molecular weight is 313 g/mol. The summed E-state index contributed by atoms with van der Waals surface area (Å²) in [6.45, 7) is 0.530. The van der Waals surface area contributed by atoms with Crippen LogP contribution in [0.1, 0.15) is 22.3 Å². The highest BCUT2D eigenvalue weighted by Gasteiger charge is 2.36. The van der Waals surface area contributed by atoms with Gasteiger partial charge in [0.15, 0.2) is 0 Å². The van der Waals surface area contributed by atoms with E-state index < -0.39 is 5.60 Å². The molecular weight excluding hydrogens is 294 g/mol. The summed E-state index contributed by atoms with van der Waals surface area (Å²) in [6, 6.07) is 14.3. The van der Waals surface area contributed by atoms with Crippen molar-refractivity contribution in [1.29, 1.82) is 0 Å². The van der Waals surface area contributed by atoms with Crippen LogP contribution >= 0.6 is 0 Å². The number of methoxy groups -OCH3 is 1. The summed E-state index contributed by atoms with van der Waals surface area (Å²) in [4.78, 5) is 12.4. The molecule has 1 heterocycles. The van der Waals surface area contributed by atoms with E-state index in [1.807, 2.05) is 24.3 Å². The molecule has 0 spiro atoms. The summed E-state index contributed by atoms with van der Waals surface area (Å²) in [7, 11) is 1.52. The Hall–Kier alpha value is -2.53. The Morgan fingerprint density at radius 1 is 1.26 bits per heavy atom. The Bertz CT molecular complexity index is 716. The van der Waals surface area contributed by atoms with Crippen LogP contribution in [0.2, 0.25) is 0 Å². The summed E-state index contributed by atoms with van der Waals surface area (Å²) in [6.07, 6.45) is 0.427. The van der Waals surface area contributed by atoms with Gasteiger partial charge in [-0.3, -0.25) is 4.79 Å². The van der Waals surface area contributed by atoms with Crippen molar-refractivity contribution in [3.05, 3.63) is 59.7 Å². The molecule has 0 aliphatic carbocycles. The number of hydrogen-bond donors (Lipinski definition) is 2. The summed E-state index contributed by atoms with van der Waals surface area (Å²) in [5.74, 6) is 0.886. The molecule has 1 aliphatic heterocycles. The van der Waals surface area contributed by atoms with E-state index in [0.717, 1.165) is 0 Å². The fourth-order valence-corrected chi connectivity index (χ4v) is 2.78. The number of aliphatic hydroxyl groups is 1. The number of para-hydroxylation sites is 2. The molecular formula is C18H19NO4. The Kier molecular flexibility index (Phi) is 4.21. The third-order valence-corrected chi connectivity index (χ3v) is 4.05. The second-order valence-corrected chi connectivity index (χ2v) is 5.51. The molecule has 2 aromatic carbocycles. The van der Waals surface area contributed by atoms with Crippen LogP contribution in [0.3, 0.4) is 0 Å². The Labute approximate surface area is 134 Å². The zero-order valence-corrected chi connectivity index (χ0v) is 12.9. The van der Waals surface area contributed by atoms with Crippen molar-refractivity contribution in [3.8, 4) is 11.5 Å². The molecule has 0 aromatic heterocycles. The van der Waals surface area contributed by atoms with Crippen molar-refractivity contribution in [2.75, 3.05) is 20.3 Å². The van der Waals surface area contributed by atoms with Crippen LogP contribution in [0.4, 0.5) is 0 Å². The van der Waals surface area contributed by atoms with Crippen molar-refractivity contribution in [1.82, 2.24) is 5.32 Å². The number of carbonyl (C=O) groups excluding carboxylic acids is 1. The van der Waals surface area contributed by atoms with E-state index in [2.05, 4.69) is 5.32 Å². The minimum atomic E-state index is -1.13. The van der Waals surface area contributed by atoms with Gasteiger partial charge >= 0.3 is 0 Å². The first kappa shape index (κ1) is 15.4. The van der Waals surface area contributed by atoms with Crippen LogP contribution in [-0.4, -0.2) is 31.3 Å². The van der Waals surface area contributed by atoms with Gasteiger partial charge in [-0.1, -0.05) is 30.3 Å².